The van der Waals surface area contributed by atoms with Crippen LogP contribution in [0.15, 0.2) is 30.3 Å². The summed E-state index contributed by atoms with van der Waals surface area (Å²) in [6.45, 7) is 0.857. The van der Waals surface area contributed by atoms with E-state index >= 15 is 0 Å². The van der Waals surface area contributed by atoms with Gasteiger partial charge in [0.1, 0.15) is 0 Å². The molecule has 0 aliphatic heterocycles. The molecule has 1 aromatic rings. The van der Waals surface area contributed by atoms with E-state index in [0.717, 1.165) is 5.30 Å². The average molecular weight is 314 g/mol. The number of aliphatic hydroxyl groups excluding tert-OH is 2. The van der Waals surface area contributed by atoms with Gasteiger partial charge in [-0.1, -0.05) is 30.3 Å². The molecule has 1 unspecified atom stereocenters. The van der Waals surface area contributed by atoms with Gasteiger partial charge in [-0.15, -0.1) is 0 Å². The summed E-state index contributed by atoms with van der Waals surface area (Å²) < 4.78 is 10.8. The van der Waals surface area contributed by atoms with Crippen molar-refractivity contribution >= 4 is 19.4 Å². The third kappa shape index (κ3) is 8.12. The molecule has 0 spiro atoms. The van der Waals surface area contributed by atoms with Crippen LogP contribution in [-0.2, 0) is 14.1 Å². The van der Waals surface area contributed by atoms with E-state index in [2.05, 4.69) is 0 Å². The first-order valence-electron chi connectivity index (χ1n) is 7.10. The molecule has 0 saturated heterocycles. The third-order valence-corrected chi connectivity index (χ3v) is 4.68. The summed E-state index contributed by atoms with van der Waals surface area (Å²) in [5.74, 6) is -0.266. The second-order valence-electron chi connectivity index (χ2n) is 4.40. The molecule has 0 heterocycles. The highest BCUT2D eigenvalue weighted by Gasteiger charge is 2.14. The molecule has 0 aromatic heterocycles. The molecule has 6 heteroatoms. The minimum Gasteiger partial charge on any atom is -0.466 e. The first-order valence-corrected chi connectivity index (χ1v) is 8.55. The minimum absolute atomic E-state index is 0.0221. The van der Waals surface area contributed by atoms with E-state index in [4.69, 9.17) is 19.5 Å². The highest BCUT2D eigenvalue weighted by atomic mass is 31.1. The largest absolute Gasteiger partial charge is 0.466 e. The van der Waals surface area contributed by atoms with Crippen molar-refractivity contribution in [3.05, 3.63) is 30.3 Å². The van der Waals surface area contributed by atoms with Gasteiger partial charge in [-0.25, -0.2) is 0 Å². The van der Waals surface area contributed by atoms with E-state index in [1.165, 1.54) is 0 Å². The molecule has 0 amide bonds. The fourth-order valence-electron chi connectivity index (χ4n) is 1.62. The number of carbonyl (C=O) groups is 1. The Balaban J connectivity index is 2.43. The van der Waals surface area contributed by atoms with Gasteiger partial charge in [-0.2, -0.15) is 0 Å². The van der Waals surface area contributed by atoms with Crippen molar-refractivity contribution in [1.29, 1.82) is 0 Å². The fraction of sp³-hybridized carbons (Fsp3) is 0.533. The molecule has 2 N–H and O–H groups in total. The lowest BCUT2D eigenvalue weighted by Crippen LogP contribution is -2.12. The van der Waals surface area contributed by atoms with Crippen molar-refractivity contribution in [2.24, 2.45) is 0 Å². The zero-order valence-electron chi connectivity index (χ0n) is 12.1. The van der Waals surface area contributed by atoms with Gasteiger partial charge in [-0.3, -0.25) is 4.79 Å². The van der Waals surface area contributed by atoms with Crippen LogP contribution in [0.4, 0.5) is 0 Å². The quantitative estimate of drug-likeness (QED) is 0.367. The van der Waals surface area contributed by atoms with E-state index in [0.29, 0.717) is 32.0 Å². The monoisotopic (exact) mass is 314 g/mol. The Bertz CT molecular complexity index is 385. The van der Waals surface area contributed by atoms with Gasteiger partial charge in [0.05, 0.1) is 27.8 Å². The van der Waals surface area contributed by atoms with E-state index in [-0.39, 0.29) is 25.8 Å². The van der Waals surface area contributed by atoms with Crippen molar-refractivity contribution in [3.8, 4) is 0 Å². The summed E-state index contributed by atoms with van der Waals surface area (Å²) in [6.07, 6.45) is 1.95. The van der Waals surface area contributed by atoms with Gasteiger partial charge in [0.25, 0.3) is 0 Å². The zero-order chi connectivity index (χ0) is 15.3. The summed E-state index contributed by atoms with van der Waals surface area (Å²) in [4.78, 5) is 11.6. The summed E-state index contributed by atoms with van der Waals surface area (Å²) in [6, 6.07) is 9.80. The van der Waals surface area contributed by atoms with Crippen LogP contribution in [0.1, 0.15) is 19.3 Å². The smallest absolute Gasteiger partial charge is 0.306 e. The Morgan fingerprint density at radius 3 is 2.38 bits per heavy atom. The summed E-state index contributed by atoms with van der Waals surface area (Å²) in [5.41, 5.74) is 0. The van der Waals surface area contributed by atoms with Crippen LogP contribution in [0.2, 0.25) is 0 Å². The molecule has 0 bridgehead atoms. The molecule has 0 aliphatic rings. The van der Waals surface area contributed by atoms with Crippen molar-refractivity contribution < 1.29 is 24.3 Å². The zero-order valence-corrected chi connectivity index (χ0v) is 13.0. The summed E-state index contributed by atoms with van der Waals surface area (Å²) in [7, 11) is -0.880. The Morgan fingerprint density at radius 2 is 1.71 bits per heavy atom. The van der Waals surface area contributed by atoms with E-state index in [1.807, 2.05) is 30.3 Å². The number of rotatable bonds is 11. The number of esters is 1. The number of aliphatic hydroxyl groups is 2. The average Bonchev–Trinajstić information content (AvgIpc) is 2.52. The molecule has 1 aromatic carbocycles. The minimum atomic E-state index is -0.880. The van der Waals surface area contributed by atoms with Crippen LogP contribution in [0, 0.1) is 0 Å². The Labute approximate surface area is 126 Å². The van der Waals surface area contributed by atoms with E-state index in [9.17, 15) is 4.79 Å². The maximum Gasteiger partial charge on any atom is 0.306 e. The maximum atomic E-state index is 11.6. The molecule has 1 atom stereocenters. The van der Waals surface area contributed by atoms with Gasteiger partial charge in [0, 0.05) is 31.1 Å². The Hall–Kier alpha value is -1.00. The third-order valence-electron chi connectivity index (χ3n) is 2.68. The number of hydrogen-bond acceptors (Lipinski definition) is 5. The van der Waals surface area contributed by atoms with Crippen molar-refractivity contribution in [1.82, 2.24) is 0 Å². The number of ether oxygens (including phenoxy) is 1. The van der Waals surface area contributed by atoms with E-state index < -0.39 is 8.15 Å². The molecule has 0 aliphatic carbocycles. The Morgan fingerprint density at radius 1 is 1.05 bits per heavy atom. The predicted octanol–water partition coefficient (Wildman–Crippen LogP) is 1.42. The van der Waals surface area contributed by atoms with Gasteiger partial charge in [-0.05, 0) is 6.42 Å². The first-order chi connectivity index (χ1) is 10.3. The van der Waals surface area contributed by atoms with E-state index in [1.54, 1.807) is 0 Å². The topological polar surface area (TPSA) is 76.0 Å². The highest BCUT2D eigenvalue weighted by molar-refractivity contribution is 7.60. The van der Waals surface area contributed by atoms with Gasteiger partial charge in [0.15, 0.2) is 0 Å². The molecule has 118 valence electrons. The molecular weight excluding hydrogens is 291 g/mol. The van der Waals surface area contributed by atoms with Crippen molar-refractivity contribution in [2.45, 2.75) is 19.3 Å². The molecule has 21 heavy (non-hydrogen) atoms. The molecule has 0 saturated carbocycles. The van der Waals surface area contributed by atoms with Crippen LogP contribution in [0.25, 0.3) is 0 Å². The standard InChI is InChI=1S/C15H23O5P/c16-9-4-11-19-15(18)8-13-21(20-12-5-10-17)14-6-2-1-3-7-14/h1-3,6-7,16-17H,4-5,8-13H2. The van der Waals surface area contributed by atoms with Crippen LogP contribution < -0.4 is 5.30 Å². The first kappa shape index (κ1) is 18.1. The predicted molar refractivity (Wildman–Crippen MR) is 82.8 cm³/mol. The number of benzene rings is 1. The Kier molecular flexibility index (Phi) is 10.0. The highest BCUT2D eigenvalue weighted by Crippen LogP contribution is 2.36. The van der Waals surface area contributed by atoms with Crippen LogP contribution >= 0.6 is 8.15 Å². The lowest BCUT2D eigenvalue weighted by molar-refractivity contribution is -0.143. The van der Waals surface area contributed by atoms with Crippen LogP contribution in [-0.4, -0.2) is 48.8 Å². The second kappa shape index (κ2) is 11.6. The second-order valence-corrected chi connectivity index (χ2v) is 6.37. The SMILES string of the molecule is O=C(CCP(OCCCO)c1ccccc1)OCCCO. The molecule has 0 radical (unpaired) electrons. The molecule has 1 rings (SSSR count). The van der Waals surface area contributed by atoms with Gasteiger partial charge >= 0.3 is 5.97 Å². The number of carbonyl (C=O) groups excluding carboxylic acids is 1. The van der Waals surface area contributed by atoms with Gasteiger partial charge in [0.2, 0.25) is 0 Å². The van der Waals surface area contributed by atoms with Crippen LogP contribution in [0.5, 0.6) is 0 Å². The maximum absolute atomic E-state index is 11.6. The van der Waals surface area contributed by atoms with Crippen LogP contribution in [0.3, 0.4) is 0 Å². The van der Waals surface area contributed by atoms with Gasteiger partial charge < -0.3 is 19.5 Å². The lowest BCUT2D eigenvalue weighted by atomic mass is 10.4. The number of hydrogen-bond donors (Lipinski definition) is 2. The van der Waals surface area contributed by atoms with Crippen molar-refractivity contribution in [3.63, 3.8) is 0 Å². The molecule has 0 fully saturated rings. The fourth-order valence-corrected chi connectivity index (χ4v) is 3.39. The molecule has 5 nitrogen and oxygen atoms in total. The lowest BCUT2D eigenvalue weighted by Gasteiger charge is -2.17. The normalized spacial score (nSPS) is 12.1. The van der Waals surface area contributed by atoms with Crippen molar-refractivity contribution in [2.75, 3.05) is 32.6 Å². The molecular formula is C15H23O5P. The summed E-state index contributed by atoms with van der Waals surface area (Å²) in [5, 5.41) is 18.5. The summed E-state index contributed by atoms with van der Waals surface area (Å²) >= 11 is 0.